The summed E-state index contributed by atoms with van der Waals surface area (Å²) in [6, 6.07) is 8.60. The third-order valence-electron chi connectivity index (χ3n) is 4.16. The Hall–Kier alpha value is -3.37. The average molecular weight is 387 g/mol. The van der Waals surface area contributed by atoms with Crippen LogP contribution in [0.25, 0.3) is 0 Å². The topological polar surface area (TPSA) is 142 Å². The summed E-state index contributed by atoms with van der Waals surface area (Å²) >= 11 is 0. The molecule has 0 aliphatic carbocycles. The van der Waals surface area contributed by atoms with Gasteiger partial charge in [0, 0.05) is 17.8 Å². The summed E-state index contributed by atoms with van der Waals surface area (Å²) < 4.78 is 18.3. The van der Waals surface area contributed by atoms with Crippen LogP contribution in [-0.4, -0.2) is 53.1 Å². The van der Waals surface area contributed by atoms with Crippen LogP contribution in [0.2, 0.25) is 0 Å². The number of carbonyl (C=O) groups excluding carboxylic acids is 2. The number of pyridine rings is 1. The van der Waals surface area contributed by atoms with Gasteiger partial charge >= 0.3 is 0 Å². The molecule has 0 saturated carbocycles. The van der Waals surface area contributed by atoms with E-state index in [0.29, 0.717) is 16.9 Å². The van der Waals surface area contributed by atoms with Crippen LogP contribution in [0.5, 0.6) is 0 Å². The van der Waals surface area contributed by atoms with Crippen LogP contribution in [0.1, 0.15) is 5.56 Å². The van der Waals surface area contributed by atoms with E-state index in [1.807, 2.05) is 0 Å². The van der Waals surface area contributed by atoms with Crippen molar-refractivity contribution in [3.8, 4) is 0 Å². The predicted octanol–water partition coefficient (Wildman–Crippen LogP) is 0.236. The number of hydrogen-bond acceptors (Lipinski definition) is 6. The SMILES string of the molecule is N=C(N)c1ccc(NC(=O)C(O)[C@H]2OCCN(c3ccc(F)nc3)C2=O)cc1. The molecule has 5 N–H and O–H groups in total. The highest BCUT2D eigenvalue weighted by Crippen LogP contribution is 2.20. The second kappa shape index (κ2) is 8.11. The van der Waals surface area contributed by atoms with Gasteiger partial charge in [-0.15, -0.1) is 0 Å². The normalized spacial score (nSPS) is 17.9. The van der Waals surface area contributed by atoms with E-state index in [0.717, 1.165) is 6.07 Å². The lowest BCUT2D eigenvalue weighted by molar-refractivity contribution is -0.150. The van der Waals surface area contributed by atoms with E-state index in [-0.39, 0.29) is 19.0 Å². The summed E-state index contributed by atoms with van der Waals surface area (Å²) in [6.45, 7) is 0.273. The van der Waals surface area contributed by atoms with Gasteiger partial charge < -0.3 is 25.8 Å². The van der Waals surface area contributed by atoms with Crippen molar-refractivity contribution in [2.45, 2.75) is 12.2 Å². The molecule has 9 nitrogen and oxygen atoms in total. The Balaban J connectivity index is 1.69. The highest BCUT2D eigenvalue weighted by molar-refractivity contribution is 6.04. The Morgan fingerprint density at radius 3 is 2.68 bits per heavy atom. The zero-order valence-electron chi connectivity index (χ0n) is 14.6. The van der Waals surface area contributed by atoms with Gasteiger partial charge in [0.1, 0.15) is 5.84 Å². The molecule has 2 heterocycles. The number of aromatic nitrogens is 1. The monoisotopic (exact) mass is 387 g/mol. The molecule has 1 aliphatic heterocycles. The van der Waals surface area contributed by atoms with Crippen molar-refractivity contribution < 1.29 is 23.8 Å². The number of aliphatic hydroxyl groups excluding tert-OH is 1. The number of rotatable bonds is 5. The number of nitrogens with one attached hydrogen (secondary N) is 2. The zero-order valence-corrected chi connectivity index (χ0v) is 14.6. The molecule has 28 heavy (non-hydrogen) atoms. The number of amides is 2. The Morgan fingerprint density at radius 1 is 1.36 bits per heavy atom. The minimum atomic E-state index is -1.75. The summed E-state index contributed by atoms with van der Waals surface area (Å²) in [7, 11) is 0. The number of nitrogen functional groups attached to an aromatic ring is 1. The van der Waals surface area contributed by atoms with Crippen LogP contribution in [0, 0.1) is 11.4 Å². The minimum Gasteiger partial charge on any atom is -0.384 e. The number of carbonyl (C=O) groups is 2. The molecule has 1 aromatic carbocycles. The van der Waals surface area contributed by atoms with Gasteiger partial charge in [-0.1, -0.05) is 0 Å². The van der Waals surface area contributed by atoms with Gasteiger partial charge in [-0.05, 0) is 36.4 Å². The number of aliphatic hydroxyl groups is 1. The predicted molar refractivity (Wildman–Crippen MR) is 98.4 cm³/mol. The molecule has 1 aromatic heterocycles. The molecule has 10 heteroatoms. The summed E-state index contributed by atoms with van der Waals surface area (Å²) in [5.41, 5.74) is 6.55. The van der Waals surface area contributed by atoms with Crippen LogP contribution in [0.3, 0.4) is 0 Å². The molecule has 1 unspecified atom stereocenters. The number of anilines is 2. The lowest BCUT2D eigenvalue weighted by Gasteiger charge is -2.33. The molecular formula is C18H18FN5O4. The standard InChI is InChI=1S/C18H18FN5O4/c19-13-6-5-12(9-22-13)24-7-8-28-15(18(24)27)14(25)17(26)23-11-3-1-10(2-4-11)16(20)21/h1-6,9,14-15,25H,7-8H2,(H3,20,21)(H,23,26)/t14?,15-/m1/s1. The van der Waals surface area contributed by atoms with E-state index < -0.39 is 30.0 Å². The maximum absolute atomic E-state index is 13.0. The number of benzene rings is 1. The molecule has 3 rings (SSSR count). The van der Waals surface area contributed by atoms with E-state index >= 15 is 0 Å². The van der Waals surface area contributed by atoms with Crippen LogP contribution in [0.15, 0.2) is 42.6 Å². The maximum atomic E-state index is 13.0. The van der Waals surface area contributed by atoms with E-state index in [9.17, 15) is 19.1 Å². The summed E-state index contributed by atoms with van der Waals surface area (Å²) in [5.74, 6) is -2.26. The van der Waals surface area contributed by atoms with Crippen molar-refractivity contribution in [2.24, 2.45) is 5.73 Å². The number of morpholine rings is 1. The smallest absolute Gasteiger partial charge is 0.259 e. The number of nitrogens with zero attached hydrogens (tertiary/aromatic N) is 2. The quantitative estimate of drug-likeness (QED) is 0.329. The summed E-state index contributed by atoms with van der Waals surface area (Å²) in [6.07, 6.45) is -1.97. The van der Waals surface area contributed by atoms with Crippen LogP contribution in [0.4, 0.5) is 15.8 Å². The van der Waals surface area contributed by atoms with E-state index in [4.69, 9.17) is 15.9 Å². The summed E-state index contributed by atoms with van der Waals surface area (Å²) in [5, 5.41) is 20.1. The molecule has 1 fully saturated rings. The number of nitrogens with two attached hydrogens (primary N) is 1. The van der Waals surface area contributed by atoms with Crippen molar-refractivity contribution in [2.75, 3.05) is 23.4 Å². The molecule has 1 aliphatic rings. The molecule has 0 bridgehead atoms. The molecule has 0 spiro atoms. The second-order valence-corrected chi connectivity index (χ2v) is 6.05. The molecule has 0 radical (unpaired) electrons. The molecule has 2 aromatic rings. The third kappa shape index (κ3) is 4.13. The Morgan fingerprint density at radius 2 is 2.07 bits per heavy atom. The Bertz CT molecular complexity index is 888. The fourth-order valence-electron chi connectivity index (χ4n) is 2.70. The fourth-order valence-corrected chi connectivity index (χ4v) is 2.70. The molecule has 146 valence electrons. The van der Waals surface area contributed by atoms with Gasteiger partial charge in [-0.3, -0.25) is 15.0 Å². The molecular weight excluding hydrogens is 369 g/mol. The van der Waals surface area contributed by atoms with Crippen molar-refractivity contribution in [3.63, 3.8) is 0 Å². The fraction of sp³-hybridized carbons (Fsp3) is 0.222. The van der Waals surface area contributed by atoms with E-state index in [2.05, 4.69) is 10.3 Å². The van der Waals surface area contributed by atoms with Crippen molar-refractivity contribution in [1.29, 1.82) is 5.41 Å². The van der Waals surface area contributed by atoms with E-state index in [1.54, 1.807) is 0 Å². The lowest BCUT2D eigenvalue weighted by Crippen LogP contribution is -2.55. The molecule has 1 saturated heterocycles. The number of amidine groups is 1. The van der Waals surface area contributed by atoms with Gasteiger partial charge in [0.05, 0.1) is 18.5 Å². The van der Waals surface area contributed by atoms with Gasteiger partial charge in [0.15, 0.2) is 12.2 Å². The Kier molecular flexibility index (Phi) is 5.62. The van der Waals surface area contributed by atoms with Gasteiger partial charge in [-0.2, -0.15) is 4.39 Å². The number of halogens is 1. The lowest BCUT2D eigenvalue weighted by atomic mass is 10.1. The molecule has 2 amide bonds. The minimum absolute atomic E-state index is 0.0887. The van der Waals surface area contributed by atoms with Crippen LogP contribution >= 0.6 is 0 Å². The summed E-state index contributed by atoms with van der Waals surface area (Å²) in [4.78, 5) is 29.7. The number of hydrogen-bond donors (Lipinski definition) is 4. The largest absolute Gasteiger partial charge is 0.384 e. The first-order valence-electron chi connectivity index (χ1n) is 8.35. The van der Waals surface area contributed by atoms with Crippen molar-refractivity contribution in [1.82, 2.24) is 4.98 Å². The van der Waals surface area contributed by atoms with Crippen molar-refractivity contribution in [3.05, 3.63) is 54.1 Å². The van der Waals surface area contributed by atoms with E-state index in [1.165, 1.54) is 41.4 Å². The van der Waals surface area contributed by atoms with Crippen LogP contribution < -0.4 is 16.0 Å². The zero-order chi connectivity index (χ0) is 20.3. The first kappa shape index (κ1) is 19.4. The highest BCUT2D eigenvalue weighted by Gasteiger charge is 2.39. The third-order valence-corrected chi connectivity index (χ3v) is 4.16. The second-order valence-electron chi connectivity index (χ2n) is 6.05. The van der Waals surface area contributed by atoms with Gasteiger partial charge in [-0.25, -0.2) is 4.98 Å². The number of ether oxygens (including phenoxy) is 1. The van der Waals surface area contributed by atoms with Crippen molar-refractivity contribution >= 4 is 29.0 Å². The first-order chi connectivity index (χ1) is 13.4. The van der Waals surface area contributed by atoms with Gasteiger partial charge in [0.2, 0.25) is 5.95 Å². The highest BCUT2D eigenvalue weighted by atomic mass is 19.1. The Labute approximate surface area is 159 Å². The van der Waals surface area contributed by atoms with Crippen LogP contribution in [-0.2, 0) is 14.3 Å². The van der Waals surface area contributed by atoms with Gasteiger partial charge in [0.25, 0.3) is 11.8 Å². The molecule has 2 atom stereocenters. The maximum Gasteiger partial charge on any atom is 0.259 e. The first-order valence-corrected chi connectivity index (χ1v) is 8.35. The average Bonchev–Trinajstić information content (AvgIpc) is 2.69.